The molecule has 3 rings (SSSR count). The number of hydrogen-bond donors (Lipinski definition) is 1. The molecule has 0 aromatic heterocycles. The average molecular weight is 330 g/mol. The standard InChI is InChI=1S/C18H22N2O4/c1-18(2)10-14(21)13-9-12(3-4-15(13)24-18)17(23)20-7-5-11(6-8-20)16(19)22/h3-4,9,11H,5-8,10H2,1-2H3,(H2,19,22). The van der Waals surface area contributed by atoms with E-state index in [4.69, 9.17) is 10.5 Å². The molecule has 128 valence electrons. The summed E-state index contributed by atoms with van der Waals surface area (Å²) in [5.41, 5.74) is 5.74. The number of carbonyl (C=O) groups excluding carboxylic acids is 3. The summed E-state index contributed by atoms with van der Waals surface area (Å²) in [6, 6.07) is 5.00. The van der Waals surface area contributed by atoms with Gasteiger partial charge in [0.25, 0.3) is 5.91 Å². The third kappa shape index (κ3) is 3.13. The Morgan fingerprint density at radius 2 is 1.92 bits per heavy atom. The molecule has 2 heterocycles. The molecule has 6 heteroatoms. The molecule has 0 bridgehead atoms. The van der Waals surface area contributed by atoms with Gasteiger partial charge in [-0.1, -0.05) is 0 Å². The van der Waals surface area contributed by atoms with Crippen LogP contribution in [0.3, 0.4) is 0 Å². The Hall–Kier alpha value is -2.37. The van der Waals surface area contributed by atoms with Gasteiger partial charge >= 0.3 is 0 Å². The van der Waals surface area contributed by atoms with Gasteiger partial charge in [-0.3, -0.25) is 14.4 Å². The minimum absolute atomic E-state index is 0.0108. The number of piperidine rings is 1. The molecule has 0 saturated carbocycles. The number of Topliss-reactive ketones (excluding diaryl/α,β-unsaturated/α-hetero) is 1. The summed E-state index contributed by atoms with van der Waals surface area (Å²) < 4.78 is 5.81. The summed E-state index contributed by atoms with van der Waals surface area (Å²) in [6.07, 6.45) is 1.46. The molecule has 24 heavy (non-hydrogen) atoms. The number of amides is 2. The quantitative estimate of drug-likeness (QED) is 0.895. The number of primary amides is 1. The Kier molecular flexibility index (Phi) is 4.07. The van der Waals surface area contributed by atoms with E-state index >= 15 is 0 Å². The van der Waals surface area contributed by atoms with Crippen LogP contribution in [0.5, 0.6) is 5.75 Å². The van der Waals surface area contributed by atoms with Gasteiger partial charge in [0.05, 0.1) is 12.0 Å². The minimum atomic E-state index is -0.522. The highest BCUT2D eigenvalue weighted by Gasteiger charge is 2.33. The monoisotopic (exact) mass is 330 g/mol. The minimum Gasteiger partial charge on any atom is -0.487 e. The molecule has 0 spiro atoms. The van der Waals surface area contributed by atoms with E-state index in [1.807, 2.05) is 13.8 Å². The molecule has 1 saturated heterocycles. The number of rotatable bonds is 2. The van der Waals surface area contributed by atoms with Crippen molar-refractivity contribution in [2.24, 2.45) is 11.7 Å². The second-order valence-corrected chi connectivity index (χ2v) is 7.14. The first kappa shape index (κ1) is 16.5. The van der Waals surface area contributed by atoms with Crippen LogP contribution in [0.4, 0.5) is 0 Å². The van der Waals surface area contributed by atoms with Crippen LogP contribution >= 0.6 is 0 Å². The smallest absolute Gasteiger partial charge is 0.253 e. The highest BCUT2D eigenvalue weighted by atomic mass is 16.5. The van der Waals surface area contributed by atoms with Gasteiger partial charge < -0.3 is 15.4 Å². The number of ether oxygens (including phenoxy) is 1. The summed E-state index contributed by atoms with van der Waals surface area (Å²) >= 11 is 0. The molecule has 0 unspecified atom stereocenters. The maximum absolute atomic E-state index is 12.7. The first-order valence-corrected chi connectivity index (χ1v) is 8.22. The summed E-state index contributed by atoms with van der Waals surface area (Å²) in [4.78, 5) is 37.9. The Morgan fingerprint density at radius 3 is 2.54 bits per heavy atom. The molecular weight excluding hydrogens is 308 g/mol. The van der Waals surface area contributed by atoms with Crippen molar-refractivity contribution in [2.45, 2.75) is 38.7 Å². The predicted octanol–water partition coefficient (Wildman–Crippen LogP) is 1.77. The van der Waals surface area contributed by atoms with Gasteiger partial charge in [0.1, 0.15) is 11.4 Å². The van der Waals surface area contributed by atoms with Gasteiger partial charge in [0.15, 0.2) is 5.78 Å². The van der Waals surface area contributed by atoms with E-state index in [1.165, 1.54) is 0 Å². The fourth-order valence-electron chi connectivity index (χ4n) is 3.34. The predicted molar refractivity (Wildman–Crippen MR) is 87.9 cm³/mol. The lowest BCUT2D eigenvalue weighted by atomic mass is 9.91. The molecule has 2 amide bonds. The Morgan fingerprint density at radius 1 is 1.25 bits per heavy atom. The third-order valence-electron chi connectivity index (χ3n) is 4.68. The number of nitrogens with zero attached hydrogens (tertiary/aromatic N) is 1. The Bertz CT molecular complexity index is 703. The lowest BCUT2D eigenvalue weighted by molar-refractivity contribution is -0.123. The summed E-state index contributed by atoms with van der Waals surface area (Å²) in [5, 5.41) is 0. The molecular formula is C18H22N2O4. The van der Waals surface area contributed by atoms with Gasteiger partial charge in [-0.2, -0.15) is 0 Å². The molecule has 0 radical (unpaired) electrons. The maximum atomic E-state index is 12.7. The number of ketones is 1. The molecule has 1 aromatic carbocycles. The largest absolute Gasteiger partial charge is 0.487 e. The van der Waals surface area contributed by atoms with Crippen LogP contribution in [-0.2, 0) is 4.79 Å². The lowest BCUT2D eigenvalue weighted by Crippen LogP contribution is -2.42. The van der Waals surface area contributed by atoms with Gasteiger partial charge in [-0.05, 0) is 44.9 Å². The van der Waals surface area contributed by atoms with Crippen molar-refractivity contribution in [3.05, 3.63) is 29.3 Å². The van der Waals surface area contributed by atoms with Gasteiger partial charge in [0.2, 0.25) is 5.91 Å². The molecule has 1 aromatic rings. The molecule has 0 aliphatic carbocycles. The highest BCUT2D eigenvalue weighted by molar-refractivity contribution is 6.03. The molecule has 2 aliphatic rings. The molecule has 1 fully saturated rings. The van der Waals surface area contributed by atoms with Gasteiger partial charge in [-0.25, -0.2) is 0 Å². The summed E-state index contributed by atoms with van der Waals surface area (Å²) in [5.74, 6) is -0.0713. The van der Waals surface area contributed by atoms with Crippen LogP contribution in [0.25, 0.3) is 0 Å². The number of nitrogens with two attached hydrogens (primary N) is 1. The number of fused-ring (bicyclic) bond motifs is 1. The zero-order valence-electron chi connectivity index (χ0n) is 14.0. The molecule has 2 N–H and O–H groups in total. The summed E-state index contributed by atoms with van der Waals surface area (Å²) in [7, 11) is 0. The van der Waals surface area contributed by atoms with Crippen molar-refractivity contribution in [3.8, 4) is 5.75 Å². The Balaban J connectivity index is 1.77. The fraction of sp³-hybridized carbons (Fsp3) is 0.500. The average Bonchev–Trinajstić information content (AvgIpc) is 2.53. The third-order valence-corrected chi connectivity index (χ3v) is 4.68. The van der Waals surface area contributed by atoms with Crippen LogP contribution < -0.4 is 10.5 Å². The van der Waals surface area contributed by atoms with Crippen LogP contribution in [0, 0.1) is 5.92 Å². The van der Waals surface area contributed by atoms with Crippen molar-refractivity contribution in [2.75, 3.05) is 13.1 Å². The van der Waals surface area contributed by atoms with Crippen LogP contribution in [0.15, 0.2) is 18.2 Å². The van der Waals surface area contributed by atoms with Gasteiger partial charge in [0, 0.05) is 24.6 Å². The lowest BCUT2D eigenvalue weighted by Gasteiger charge is -2.33. The number of likely N-dealkylation sites (tertiary alicyclic amines) is 1. The van der Waals surface area contributed by atoms with E-state index in [-0.39, 0.29) is 23.5 Å². The van der Waals surface area contributed by atoms with Gasteiger partial charge in [-0.15, -0.1) is 0 Å². The van der Waals surface area contributed by atoms with E-state index in [1.54, 1.807) is 23.1 Å². The van der Waals surface area contributed by atoms with E-state index in [0.717, 1.165) is 0 Å². The molecule has 2 aliphatic heterocycles. The zero-order valence-corrected chi connectivity index (χ0v) is 14.0. The second kappa shape index (κ2) is 5.92. The van der Waals surface area contributed by atoms with Crippen molar-refractivity contribution in [1.82, 2.24) is 4.90 Å². The van der Waals surface area contributed by atoms with E-state index < -0.39 is 5.60 Å². The van der Waals surface area contributed by atoms with E-state index in [2.05, 4.69) is 0 Å². The van der Waals surface area contributed by atoms with Crippen molar-refractivity contribution in [1.29, 1.82) is 0 Å². The van der Waals surface area contributed by atoms with Crippen molar-refractivity contribution in [3.63, 3.8) is 0 Å². The first-order chi connectivity index (χ1) is 11.3. The number of benzene rings is 1. The van der Waals surface area contributed by atoms with Crippen LogP contribution in [0.2, 0.25) is 0 Å². The fourth-order valence-corrected chi connectivity index (χ4v) is 3.34. The topological polar surface area (TPSA) is 89.7 Å². The summed E-state index contributed by atoms with van der Waals surface area (Å²) in [6.45, 7) is 4.74. The van der Waals surface area contributed by atoms with Crippen molar-refractivity contribution < 1.29 is 19.1 Å². The number of carbonyl (C=O) groups is 3. The van der Waals surface area contributed by atoms with Crippen molar-refractivity contribution >= 4 is 17.6 Å². The Labute approximate surface area is 140 Å². The van der Waals surface area contributed by atoms with Crippen LogP contribution in [0.1, 0.15) is 53.8 Å². The first-order valence-electron chi connectivity index (χ1n) is 8.22. The van der Waals surface area contributed by atoms with E-state index in [9.17, 15) is 14.4 Å². The maximum Gasteiger partial charge on any atom is 0.253 e. The SMILES string of the molecule is CC1(C)CC(=O)c2cc(C(=O)N3CCC(C(N)=O)CC3)ccc2O1. The highest BCUT2D eigenvalue weighted by Crippen LogP contribution is 2.33. The number of hydrogen-bond acceptors (Lipinski definition) is 4. The zero-order chi connectivity index (χ0) is 17.5. The van der Waals surface area contributed by atoms with E-state index in [0.29, 0.717) is 49.2 Å². The normalized spacial score (nSPS) is 20.2. The molecule has 6 nitrogen and oxygen atoms in total. The second-order valence-electron chi connectivity index (χ2n) is 7.14. The van der Waals surface area contributed by atoms with Crippen LogP contribution in [-0.4, -0.2) is 41.2 Å². The molecule has 0 atom stereocenters.